The average Bonchev–Trinajstić information content (AvgIpc) is 2.65. The number of carboxylic acids is 1. The van der Waals surface area contributed by atoms with Gasteiger partial charge in [0.1, 0.15) is 18.4 Å². The van der Waals surface area contributed by atoms with Crippen LogP contribution in [0.4, 0.5) is 0 Å². The molecule has 2 unspecified atom stereocenters. The topological polar surface area (TPSA) is 134 Å². The maximum absolute atomic E-state index is 12.4. The molecule has 0 aliphatic rings. The van der Waals surface area contributed by atoms with E-state index in [9.17, 15) is 14.4 Å². The fourth-order valence-corrected chi connectivity index (χ4v) is 2.49. The molecule has 0 saturated heterocycles. The van der Waals surface area contributed by atoms with Crippen molar-refractivity contribution in [3.05, 3.63) is 29.8 Å². The zero-order chi connectivity index (χ0) is 20.9. The summed E-state index contributed by atoms with van der Waals surface area (Å²) in [5, 5.41) is 22.9. The molecule has 28 heavy (non-hydrogen) atoms. The SMILES string of the molecule is CCCCCNC(=O)C(Cc1ccc(OC(COO)C(=O)O)cc1)NC(C)=O. The summed E-state index contributed by atoms with van der Waals surface area (Å²) in [6.45, 7) is 3.47. The molecule has 0 bridgehead atoms. The highest BCUT2D eigenvalue weighted by Crippen LogP contribution is 2.15. The minimum Gasteiger partial charge on any atom is -0.478 e. The predicted molar refractivity (Wildman–Crippen MR) is 101 cm³/mol. The van der Waals surface area contributed by atoms with Crippen molar-refractivity contribution in [3.8, 4) is 5.75 Å². The lowest BCUT2D eigenvalue weighted by atomic mass is 10.0. The van der Waals surface area contributed by atoms with E-state index in [2.05, 4.69) is 22.4 Å². The Bertz CT molecular complexity index is 634. The largest absolute Gasteiger partial charge is 0.478 e. The quantitative estimate of drug-likeness (QED) is 0.225. The van der Waals surface area contributed by atoms with Crippen molar-refractivity contribution >= 4 is 17.8 Å². The molecule has 0 fully saturated rings. The van der Waals surface area contributed by atoms with E-state index in [0.29, 0.717) is 6.54 Å². The zero-order valence-corrected chi connectivity index (χ0v) is 16.1. The number of amides is 2. The second kappa shape index (κ2) is 12.7. The number of ether oxygens (including phenoxy) is 1. The molecular weight excluding hydrogens is 368 g/mol. The van der Waals surface area contributed by atoms with Crippen LogP contribution in [0.5, 0.6) is 5.75 Å². The van der Waals surface area contributed by atoms with Crippen LogP contribution in [0.15, 0.2) is 24.3 Å². The highest BCUT2D eigenvalue weighted by molar-refractivity contribution is 5.87. The first kappa shape index (κ1) is 23.4. The molecule has 9 heteroatoms. The lowest BCUT2D eigenvalue weighted by Crippen LogP contribution is -2.47. The number of unbranched alkanes of at least 4 members (excludes halogenated alkanes) is 2. The maximum atomic E-state index is 12.4. The van der Waals surface area contributed by atoms with E-state index in [1.165, 1.54) is 6.92 Å². The molecule has 0 saturated carbocycles. The standard InChI is InChI=1S/C19H28N2O7/c1-3-4-5-10-20-18(23)16(21-13(2)22)11-14-6-8-15(9-7-14)28-17(12-27-26)19(24)25/h6-9,16-17,26H,3-5,10-12H2,1-2H3,(H,20,23)(H,21,22)(H,24,25). The number of hydrogen-bond donors (Lipinski definition) is 4. The maximum Gasteiger partial charge on any atom is 0.347 e. The van der Waals surface area contributed by atoms with Gasteiger partial charge in [-0.15, -0.1) is 0 Å². The lowest BCUT2D eigenvalue weighted by molar-refractivity contribution is -0.254. The fourth-order valence-electron chi connectivity index (χ4n) is 2.49. The van der Waals surface area contributed by atoms with Gasteiger partial charge in [0.2, 0.25) is 17.9 Å². The molecule has 0 aliphatic carbocycles. The van der Waals surface area contributed by atoms with Crippen LogP contribution in [-0.2, 0) is 25.7 Å². The van der Waals surface area contributed by atoms with Crippen LogP contribution in [0.25, 0.3) is 0 Å². The number of carbonyl (C=O) groups is 3. The van der Waals surface area contributed by atoms with Gasteiger partial charge in [-0.25, -0.2) is 9.68 Å². The van der Waals surface area contributed by atoms with Crippen molar-refractivity contribution < 1.29 is 34.4 Å². The summed E-state index contributed by atoms with van der Waals surface area (Å²) in [5.74, 6) is -1.56. The summed E-state index contributed by atoms with van der Waals surface area (Å²) in [7, 11) is 0. The van der Waals surface area contributed by atoms with Crippen LogP contribution in [0.2, 0.25) is 0 Å². The van der Waals surface area contributed by atoms with Gasteiger partial charge in [-0.2, -0.15) is 0 Å². The van der Waals surface area contributed by atoms with E-state index in [1.54, 1.807) is 24.3 Å². The normalized spacial score (nSPS) is 12.7. The molecule has 0 spiro atoms. The lowest BCUT2D eigenvalue weighted by Gasteiger charge is -2.18. The summed E-state index contributed by atoms with van der Waals surface area (Å²) in [4.78, 5) is 38.6. The summed E-state index contributed by atoms with van der Waals surface area (Å²) in [6.07, 6.45) is 1.87. The van der Waals surface area contributed by atoms with Crippen molar-refractivity contribution in [2.24, 2.45) is 0 Å². The first-order chi connectivity index (χ1) is 13.4. The number of benzene rings is 1. The second-order valence-corrected chi connectivity index (χ2v) is 6.34. The number of aliphatic carboxylic acids is 1. The molecule has 0 radical (unpaired) electrons. The van der Waals surface area contributed by atoms with Crippen molar-refractivity contribution in [1.82, 2.24) is 10.6 Å². The Balaban J connectivity index is 2.71. The van der Waals surface area contributed by atoms with Crippen molar-refractivity contribution in [1.29, 1.82) is 0 Å². The minimum atomic E-state index is -1.35. The van der Waals surface area contributed by atoms with Crippen LogP contribution in [-0.4, -0.2) is 53.4 Å². The fraction of sp³-hybridized carbons (Fsp3) is 0.526. The van der Waals surface area contributed by atoms with Gasteiger partial charge in [0, 0.05) is 19.9 Å². The first-order valence-electron chi connectivity index (χ1n) is 9.17. The smallest absolute Gasteiger partial charge is 0.347 e. The molecule has 0 aliphatic heterocycles. The molecule has 1 aromatic rings. The Labute approximate surface area is 164 Å². The second-order valence-electron chi connectivity index (χ2n) is 6.34. The van der Waals surface area contributed by atoms with Gasteiger partial charge in [-0.05, 0) is 24.1 Å². The molecule has 2 atom stereocenters. The highest BCUT2D eigenvalue weighted by atomic mass is 17.1. The van der Waals surface area contributed by atoms with Crippen LogP contribution in [0.1, 0.15) is 38.7 Å². The van der Waals surface area contributed by atoms with Gasteiger partial charge in [-0.3, -0.25) is 14.8 Å². The Morgan fingerprint density at radius 1 is 1.14 bits per heavy atom. The summed E-state index contributed by atoms with van der Waals surface area (Å²) >= 11 is 0. The van der Waals surface area contributed by atoms with Crippen LogP contribution in [0.3, 0.4) is 0 Å². The Kier molecular flexibility index (Phi) is 10.6. The molecule has 0 aromatic heterocycles. The molecule has 1 rings (SSSR count). The van der Waals surface area contributed by atoms with Crippen molar-refractivity contribution in [3.63, 3.8) is 0 Å². The summed E-state index contributed by atoms with van der Waals surface area (Å²) in [6, 6.07) is 5.74. The number of carbonyl (C=O) groups excluding carboxylic acids is 2. The van der Waals surface area contributed by atoms with Gasteiger partial charge >= 0.3 is 5.97 Å². The molecule has 9 nitrogen and oxygen atoms in total. The molecule has 2 amide bonds. The molecule has 156 valence electrons. The Morgan fingerprint density at radius 3 is 2.36 bits per heavy atom. The molecule has 4 N–H and O–H groups in total. The highest BCUT2D eigenvalue weighted by Gasteiger charge is 2.21. The van der Waals surface area contributed by atoms with E-state index in [1.807, 2.05) is 0 Å². The van der Waals surface area contributed by atoms with Gasteiger partial charge in [0.05, 0.1) is 0 Å². The van der Waals surface area contributed by atoms with Gasteiger partial charge in [0.25, 0.3) is 0 Å². The number of hydrogen-bond acceptors (Lipinski definition) is 6. The zero-order valence-electron chi connectivity index (χ0n) is 16.1. The third kappa shape index (κ3) is 8.83. The first-order valence-corrected chi connectivity index (χ1v) is 9.17. The van der Waals surface area contributed by atoms with Gasteiger partial charge in [0.15, 0.2) is 0 Å². The number of carboxylic acid groups (broad SMARTS) is 1. The third-order valence-corrected chi connectivity index (χ3v) is 3.92. The molecule has 1 aromatic carbocycles. The van der Waals surface area contributed by atoms with Crippen molar-refractivity contribution in [2.75, 3.05) is 13.2 Å². The van der Waals surface area contributed by atoms with Crippen molar-refractivity contribution in [2.45, 2.75) is 51.7 Å². The average molecular weight is 396 g/mol. The van der Waals surface area contributed by atoms with Crippen LogP contribution >= 0.6 is 0 Å². The predicted octanol–water partition coefficient (Wildman–Crippen LogP) is 1.36. The monoisotopic (exact) mass is 396 g/mol. The Hall–Kier alpha value is -2.65. The number of rotatable bonds is 13. The molecule has 0 heterocycles. The van der Waals surface area contributed by atoms with E-state index >= 15 is 0 Å². The van der Waals surface area contributed by atoms with E-state index in [4.69, 9.17) is 15.1 Å². The van der Waals surface area contributed by atoms with Gasteiger partial charge in [-0.1, -0.05) is 31.9 Å². The van der Waals surface area contributed by atoms with E-state index in [0.717, 1.165) is 24.8 Å². The summed E-state index contributed by atoms with van der Waals surface area (Å²) < 4.78 is 5.23. The minimum absolute atomic E-state index is 0.252. The van der Waals surface area contributed by atoms with Gasteiger partial charge < -0.3 is 20.5 Å². The van der Waals surface area contributed by atoms with E-state index < -0.39 is 24.7 Å². The van der Waals surface area contributed by atoms with Crippen LogP contribution < -0.4 is 15.4 Å². The number of nitrogens with one attached hydrogen (secondary N) is 2. The Morgan fingerprint density at radius 2 is 1.82 bits per heavy atom. The summed E-state index contributed by atoms with van der Waals surface area (Å²) in [5.41, 5.74) is 0.764. The third-order valence-electron chi connectivity index (χ3n) is 3.92. The van der Waals surface area contributed by atoms with Crippen LogP contribution in [0, 0.1) is 0 Å². The van der Waals surface area contributed by atoms with E-state index in [-0.39, 0.29) is 24.0 Å². The molecular formula is C19H28N2O7.